The molecule has 126 valence electrons. The van der Waals surface area contributed by atoms with E-state index in [4.69, 9.17) is 4.42 Å². The van der Waals surface area contributed by atoms with E-state index in [1.54, 1.807) is 0 Å². The molecule has 0 saturated heterocycles. The molecule has 0 unspecified atom stereocenters. The molecule has 0 fully saturated rings. The van der Waals surface area contributed by atoms with Crippen molar-refractivity contribution in [3.63, 3.8) is 0 Å². The van der Waals surface area contributed by atoms with Gasteiger partial charge in [-0.3, -0.25) is 0 Å². The van der Waals surface area contributed by atoms with E-state index in [0.717, 1.165) is 28.2 Å². The highest BCUT2D eigenvalue weighted by atomic mass is 16.3. The average Bonchev–Trinajstić information content (AvgIpc) is 2.69. The van der Waals surface area contributed by atoms with Crippen molar-refractivity contribution in [1.29, 1.82) is 0 Å². The normalized spacial score (nSPS) is 10.7. The minimum absolute atomic E-state index is 0.874. The van der Waals surface area contributed by atoms with Crippen molar-refractivity contribution < 1.29 is 4.42 Å². The summed E-state index contributed by atoms with van der Waals surface area (Å²) in [5.74, 6) is 1.75. The summed E-state index contributed by atoms with van der Waals surface area (Å²) in [6.45, 7) is 4.20. The fraction of sp³-hybridized carbons (Fsp3) is 0.0800. The molecule has 0 saturated carbocycles. The largest absolute Gasteiger partial charge is 0.361 e. The molecule has 0 aliphatic heterocycles. The maximum absolute atomic E-state index is 6.28. The number of hydrogen-bond donors (Lipinski definition) is 0. The van der Waals surface area contributed by atoms with E-state index in [-0.39, 0.29) is 0 Å². The van der Waals surface area contributed by atoms with Crippen LogP contribution in [0, 0.1) is 13.8 Å². The summed E-state index contributed by atoms with van der Waals surface area (Å²) in [6, 6.07) is 31.6. The van der Waals surface area contributed by atoms with Crippen LogP contribution in [0.3, 0.4) is 0 Å². The Morgan fingerprint density at radius 1 is 0.462 bits per heavy atom. The Morgan fingerprint density at radius 2 is 0.923 bits per heavy atom. The predicted molar refractivity (Wildman–Crippen MR) is 109 cm³/mol. The first-order valence-corrected chi connectivity index (χ1v) is 8.87. The quantitative estimate of drug-likeness (QED) is 0.360. The second-order valence-corrected chi connectivity index (χ2v) is 6.67. The van der Waals surface area contributed by atoms with Crippen molar-refractivity contribution in [3.05, 3.63) is 102 Å². The van der Waals surface area contributed by atoms with Crippen molar-refractivity contribution in [2.75, 3.05) is 0 Å². The number of rotatable bonds is 3. The molecule has 0 spiro atoms. The third-order valence-corrected chi connectivity index (χ3v) is 4.57. The fourth-order valence-electron chi connectivity index (χ4n) is 3.02. The second kappa shape index (κ2) is 6.97. The molecule has 4 aromatic rings. The lowest BCUT2D eigenvalue weighted by Crippen LogP contribution is -1.86. The van der Waals surface area contributed by atoms with Crippen LogP contribution in [0.5, 0.6) is 0 Å². The molecule has 4 rings (SSSR count). The maximum atomic E-state index is 6.28. The van der Waals surface area contributed by atoms with Gasteiger partial charge in [-0.25, -0.2) is 4.42 Å². The van der Waals surface area contributed by atoms with Gasteiger partial charge in [0, 0.05) is 5.56 Å². The molecule has 1 heteroatoms. The van der Waals surface area contributed by atoms with Crippen molar-refractivity contribution in [2.45, 2.75) is 13.8 Å². The molecule has 1 heterocycles. The van der Waals surface area contributed by atoms with Crippen molar-refractivity contribution >= 4 is 0 Å². The molecular formula is C25H21O+. The third-order valence-electron chi connectivity index (χ3n) is 4.57. The van der Waals surface area contributed by atoms with Gasteiger partial charge in [-0.1, -0.05) is 65.7 Å². The van der Waals surface area contributed by atoms with Gasteiger partial charge in [0.2, 0.25) is 0 Å². The first kappa shape index (κ1) is 16.3. The smallest absolute Gasteiger partial charge is 0.207 e. The summed E-state index contributed by atoms with van der Waals surface area (Å²) in [5, 5.41) is 0. The zero-order chi connectivity index (χ0) is 17.9. The lowest BCUT2D eigenvalue weighted by atomic mass is 10.0. The van der Waals surface area contributed by atoms with Gasteiger partial charge in [0.15, 0.2) is 0 Å². The van der Waals surface area contributed by atoms with Gasteiger partial charge >= 0.3 is 11.5 Å². The summed E-state index contributed by atoms with van der Waals surface area (Å²) in [7, 11) is 0. The van der Waals surface area contributed by atoms with Gasteiger partial charge in [0.1, 0.15) is 0 Å². The average molecular weight is 337 g/mol. The Labute approximate surface area is 154 Å². The Morgan fingerprint density at radius 3 is 1.46 bits per heavy atom. The molecule has 0 radical (unpaired) electrons. The van der Waals surface area contributed by atoms with Crippen LogP contribution in [-0.2, 0) is 0 Å². The molecule has 3 aromatic carbocycles. The van der Waals surface area contributed by atoms with Crippen LogP contribution in [-0.4, -0.2) is 0 Å². The minimum Gasteiger partial charge on any atom is -0.207 e. The fourth-order valence-corrected chi connectivity index (χ4v) is 3.02. The van der Waals surface area contributed by atoms with E-state index in [1.165, 1.54) is 16.7 Å². The summed E-state index contributed by atoms with van der Waals surface area (Å²) >= 11 is 0. The second-order valence-electron chi connectivity index (χ2n) is 6.67. The first-order chi connectivity index (χ1) is 12.7. The standard InChI is InChI=1S/C25H21O/c1-18-8-12-20(13-9-18)23-16-24(21-6-4-3-5-7-21)26-25(17-23)22-14-10-19(2)11-15-22/h3-17H,1-2H3/q+1. The molecule has 0 amide bonds. The molecule has 0 N–H and O–H groups in total. The van der Waals surface area contributed by atoms with Gasteiger partial charge in [-0.05, 0) is 43.7 Å². The highest BCUT2D eigenvalue weighted by Gasteiger charge is 2.20. The molecule has 1 nitrogen and oxygen atoms in total. The zero-order valence-corrected chi connectivity index (χ0v) is 15.1. The van der Waals surface area contributed by atoms with Crippen LogP contribution in [0.1, 0.15) is 11.1 Å². The summed E-state index contributed by atoms with van der Waals surface area (Å²) < 4.78 is 6.28. The molecule has 0 bridgehead atoms. The van der Waals surface area contributed by atoms with Gasteiger partial charge in [-0.2, -0.15) is 0 Å². The summed E-state index contributed by atoms with van der Waals surface area (Å²) in [6.07, 6.45) is 0. The lowest BCUT2D eigenvalue weighted by Gasteiger charge is -2.03. The maximum Gasteiger partial charge on any atom is 0.361 e. The van der Waals surface area contributed by atoms with Crippen LogP contribution in [0.4, 0.5) is 0 Å². The topological polar surface area (TPSA) is 11.3 Å². The first-order valence-electron chi connectivity index (χ1n) is 8.87. The number of aryl methyl sites for hydroxylation is 2. The van der Waals surface area contributed by atoms with Crippen LogP contribution in [0.25, 0.3) is 33.8 Å². The Bertz CT molecular complexity index is 950. The van der Waals surface area contributed by atoms with Gasteiger partial charge < -0.3 is 0 Å². The number of hydrogen-bond acceptors (Lipinski definition) is 0. The molecule has 26 heavy (non-hydrogen) atoms. The summed E-state index contributed by atoms with van der Waals surface area (Å²) in [5.41, 5.74) is 7.02. The van der Waals surface area contributed by atoms with Gasteiger partial charge in [0.05, 0.1) is 23.3 Å². The SMILES string of the molecule is Cc1ccc(-c2cc(-c3ccccc3)[o+]c(-c3ccc(C)cc3)c2)cc1. The van der Waals surface area contributed by atoms with Gasteiger partial charge in [0.25, 0.3) is 0 Å². The molecule has 1 aromatic heterocycles. The van der Waals surface area contributed by atoms with Crippen LogP contribution in [0.15, 0.2) is 95.4 Å². The van der Waals surface area contributed by atoms with Crippen LogP contribution >= 0.6 is 0 Å². The van der Waals surface area contributed by atoms with Crippen molar-refractivity contribution in [2.24, 2.45) is 0 Å². The Hall–Kier alpha value is -3.19. The van der Waals surface area contributed by atoms with Crippen molar-refractivity contribution in [1.82, 2.24) is 0 Å². The van der Waals surface area contributed by atoms with Crippen LogP contribution in [0.2, 0.25) is 0 Å². The molecule has 0 atom stereocenters. The number of benzene rings is 3. The van der Waals surface area contributed by atoms with E-state index in [0.29, 0.717) is 0 Å². The lowest BCUT2D eigenvalue weighted by molar-refractivity contribution is 0.582. The third kappa shape index (κ3) is 3.43. The van der Waals surface area contributed by atoms with E-state index < -0.39 is 0 Å². The Kier molecular flexibility index (Phi) is 4.37. The van der Waals surface area contributed by atoms with Crippen molar-refractivity contribution in [3.8, 4) is 33.8 Å². The molecule has 0 aliphatic rings. The van der Waals surface area contributed by atoms with Crippen LogP contribution < -0.4 is 0 Å². The van der Waals surface area contributed by atoms with E-state index in [1.807, 2.05) is 18.2 Å². The minimum atomic E-state index is 0.874. The summed E-state index contributed by atoms with van der Waals surface area (Å²) in [4.78, 5) is 0. The zero-order valence-electron chi connectivity index (χ0n) is 15.1. The molecular weight excluding hydrogens is 316 g/mol. The van der Waals surface area contributed by atoms with E-state index in [2.05, 4.69) is 86.6 Å². The Balaban J connectivity index is 1.89. The van der Waals surface area contributed by atoms with E-state index in [9.17, 15) is 0 Å². The highest BCUT2D eigenvalue weighted by Crippen LogP contribution is 2.33. The monoisotopic (exact) mass is 337 g/mol. The van der Waals surface area contributed by atoms with E-state index >= 15 is 0 Å². The van der Waals surface area contributed by atoms with Gasteiger partial charge in [-0.15, -0.1) is 0 Å². The molecule has 0 aliphatic carbocycles. The highest BCUT2D eigenvalue weighted by molar-refractivity contribution is 5.74. The predicted octanol–water partition coefficient (Wildman–Crippen LogP) is 7.18.